The molecular weight excluding hydrogens is 701 g/mol. The molecule has 0 saturated carbocycles. The first-order valence-electron chi connectivity index (χ1n) is 20.1. The molecule has 2 aliphatic rings. The summed E-state index contributed by atoms with van der Waals surface area (Å²) in [4.78, 5) is 4.71. The van der Waals surface area contributed by atoms with Crippen molar-refractivity contribution in [1.29, 1.82) is 0 Å². The van der Waals surface area contributed by atoms with Crippen molar-refractivity contribution in [3.63, 3.8) is 0 Å². The van der Waals surface area contributed by atoms with Crippen LogP contribution in [0, 0.1) is 5.92 Å². The molecule has 0 fully saturated rings. The summed E-state index contributed by atoms with van der Waals surface area (Å²) in [5, 5.41) is 0. The highest BCUT2D eigenvalue weighted by Crippen LogP contribution is 2.52. The monoisotopic (exact) mass is 742 g/mol. The minimum Gasteiger partial charge on any atom is -0.311 e. The Kier molecular flexibility index (Phi) is 9.43. The molecule has 0 amide bonds. The van der Waals surface area contributed by atoms with Crippen LogP contribution < -0.4 is 9.80 Å². The standard InChI is InChI=1S/C56H42N2/c1-6-20-41(21-7-1)55-50-31-16-17-32-51(50)56(42-22-8-2-9-23-42)53-40-43(34-39-52(53)55)49-30-18-19-33-54(49)58(46-28-14-5-15-29-46)48-37-35-47(36-38-48)57(44-24-10-3-11-25-44)45-26-12-4-13-27-45/h1-40,53,56H. The molecule has 0 heterocycles. The van der Waals surface area contributed by atoms with Gasteiger partial charge in [-0.15, -0.1) is 0 Å². The van der Waals surface area contributed by atoms with E-state index in [1.54, 1.807) is 0 Å². The molecule has 2 atom stereocenters. The molecule has 0 aromatic heterocycles. The van der Waals surface area contributed by atoms with Gasteiger partial charge >= 0.3 is 0 Å². The summed E-state index contributed by atoms with van der Waals surface area (Å²) in [5.41, 5.74) is 17.0. The second kappa shape index (κ2) is 15.6. The molecule has 0 spiro atoms. The van der Waals surface area contributed by atoms with Crippen LogP contribution in [0.2, 0.25) is 0 Å². The zero-order chi connectivity index (χ0) is 38.7. The molecule has 2 unspecified atom stereocenters. The summed E-state index contributed by atoms with van der Waals surface area (Å²) in [7, 11) is 0. The predicted molar refractivity (Wildman–Crippen MR) is 244 cm³/mol. The number of anilines is 6. The lowest BCUT2D eigenvalue weighted by Gasteiger charge is -2.38. The third-order valence-electron chi connectivity index (χ3n) is 11.5. The second-order valence-corrected chi connectivity index (χ2v) is 14.9. The average molecular weight is 743 g/mol. The topological polar surface area (TPSA) is 6.48 Å². The van der Waals surface area contributed by atoms with Crippen LogP contribution >= 0.6 is 0 Å². The molecule has 10 rings (SSSR count). The highest BCUT2D eigenvalue weighted by Gasteiger charge is 2.36. The number of benzene rings is 8. The van der Waals surface area contributed by atoms with E-state index in [1.807, 2.05) is 0 Å². The van der Waals surface area contributed by atoms with Gasteiger partial charge in [-0.25, -0.2) is 0 Å². The molecule has 0 aliphatic heterocycles. The van der Waals surface area contributed by atoms with Gasteiger partial charge in [0.15, 0.2) is 0 Å². The average Bonchev–Trinajstić information content (AvgIpc) is 3.30. The summed E-state index contributed by atoms with van der Waals surface area (Å²) in [6.45, 7) is 0. The van der Waals surface area contributed by atoms with Gasteiger partial charge in [0.1, 0.15) is 0 Å². The molecule has 2 nitrogen and oxygen atoms in total. The highest BCUT2D eigenvalue weighted by molar-refractivity contribution is 5.94. The van der Waals surface area contributed by atoms with Crippen LogP contribution in [0.25, 0.3) is 11.1 Å². The number of hydrogen-bond acceptors (Lipinski definition) is 2. The van der Waals surface area contributed by atoms with Gasteiger partial charge in [0.25, 0.3) is 0 Å². The summed E-state index contributed by atoms with van der Waals surface area (Å²) >= 11 is 0. The van der Waals surface area contributed by atoms with Crippen LogP contribution in [-0.2, 0) is 0 Å². The number of para-hydroxylation sites is 4. The fourth-order valence-electron chi connectivity index (χ4n) is 8.92. The predicted octanol–water partition coefficient (Wildman–Crippen LogP) is 14.8. The van der Waals surface area contributed by atoms with Crippen molar-refractivity contribution in [2.75, 3.05) is 9.80 Å². The molecule has 0 N–H and O–H groups in total. The van der Waals surface area contributed by atoms with E-state index in [0.717, 1.165) is 34.1 Å². The molecule has 2 aliphatic carbocycles. The number of fused-ring (bicyclic) bond motifs is 2. The molecule has 58 heavy (non-hydrogen) atoms. The first kappa shape index (κ1) is 35.0. The third kappa shape index (κ3) is 6.55. The molecule has 0 bridgehead atoms. The lowest BCUT2D eigenvalue weighted by atomic mass is 9.65. The van der Waals surface area contributed by atoms with E-state index in [4.69, 9.17) is 0 Å². The Morgan fingerprint density at radius 1 is 0.345 bits per heavy atom. The van der Waals surface area contributed by atoms with Crippen LogP contribution in [0.4, 0.5) is 34.1 Å². The summed E-state index contributed by atoms with van der Waals surface area (Å²) < 4.78 is 0. The fourth-order valence-corrected chi connectivity index (χ4v) is 8.92. The Morgan fingerprint density at radius 2 is 0.793 bits per heavy atom. The van der Waals surface area contributed by atoms with E-state index in [-0.39, 0.29) is 11.8 Å². The molecule has 8 aromatic rings. The summed E-state index contributed by atoms with van der Waals surface area (Å²) in [6, 6.07) is 80.7. The van der Waals surface area contributed by atoms with Gasteiger partial charge in [-0.2, -0.15) is 0 Å². The maximum absolute atomic E-state index is 2.54. The zero-order valence-corrected chi connectivity index (χ0v) is 32.1. The van der Waals surface area contributed by atoms with Gasteiger partial charge in [0.05, 0.1) is 5.69 Å². The maximum Gasteiger partial charge on any atom is 0.0539 e. The number of nitrogens with zero attached hydrogens (tertiary/aromatic N) is 2. The normalized spacial score (nSPS) is 15.6. The second-order valence-electron chi connectivity index (χ2n) is 14.9. The number of allylic oxidation sites excluding steroid dienone is 5. The lowest BCUT2D eigenvalue weighted by Crippen LogP contribution is -2.23. The Balaban J connectivity index is 1.11. The van der Waals surface area contributed by atoms with Crippen molar-refractivity contribution in [3.8, 4) is 0 Å². The van der Waals surface area contributed by atoms with Gasteiger partial charge in [0.2, 0.25) is 0 Å². The lowest BCUT2D eigenvalue weighted by molar-refractivity contribution is 0.650. The van der Waals surface area contributed by atoms with Crippen molar-refractivity contribution in [2.24, 2.45) is 5.92 Å². The Bertz CT molecular complexity index is 2710. The van der Waals surface area contributed by atoms with Crippen molar-refractivity contribution in [3.05, 3.63) is 276 Å². The summed E-state index contributed by atoms with van der Waals surface area (Å²) in [5.74, 6) is 0.300. The van der Waals surface area contributed by atoms with Gasteiger partial charge in [-0.1, -0.05) is 176 Å². The van der Waals surface area contributed by atoms with Crippen molar-refractivity contribution >= 4 is 45.3 Å². The Labute approximate surface area is 341 Å². The van der Waals surface area contributed by atoms with E-state index >= 15 is 0 Å². The first-order valence-corrected chi connectivity index (χ1v) is 20.1. The van der Waals surface area contributed by atoms with Crippen LogP contribution in [0.15, 0.2) is 248 Å². The molecule has 2 heteroatoms. The molecule has 0 radical (unpaired) electrons. The smallest absolute Gasteiger partial charge is 0.0539 e. The van der Waals surface area contributed by atoms with Crippen molar-refractivity contribution in [2.45, 2.75) is 5.92 Å². The zero-order valence-electron chi connectivity index (χ0n) is 32.1. The molecule has 8 aromatic carbocycles. The molecule has 276 valence electrons. The largest absolute Gasteiger partial charge is 0.311 e. The summed E-state index contributed by atoms with van der Waals surface area (Å²) in [6.07, 6.45) is 7.27. The van der Waals surface area contributed by atoms with Crippen LogP contribution in [-0.4, -0.2) is 0 Å². The van der Waals surface area contributed by atoms with Crippen molar-refractivity contribution in [1.82, 2.24) is 0 Å². The Hall–Kier alpha value is -7.42. The first-order chi connectivity index (χ1) is 28.8. The SMILES string of the molecule is C1=CC2=C(c3ccccc3)c3ccccc3C(c3ccccc3)C2C=C1c1ccccc1N(c1ccccc1)c1ccc(N(c2ccccc2)c2ccccc2)cc1. The number of hydrogen-bond donors (Lipinski definition) is 0. The number of rotatable bonds is 9. The van der Waals surface area contributed by atoms with Gasteiger partial charge in [-0.3, -0.25) is 0 Å². The minimum absolute atomic E-state index is 0.131. The quantitative estimate of drug-likeness (QED) is 0.145. The fraction of sp³-hybridized carbons (Fsp3) is 0.0357. The van der Waals surface area contributed by atoms with E-state index in [0.29, 0.717) is 0 Å². The minimum atomic E-state index is 0.131. The van der Waals surface area contributed by atoms with E-state index < -0.39 is 0 Å². The highest BCUT2D eigenvalue weighted by atomic mass is 15.2. The van der Waals surface area contributed by atoms with Gasteiger partial charge in [0, 0.05) is 45.8 Å². The van der Waals surface area contributed by atoms with Crippen LogP contribution in [0.5, 0.6) is 0 Å². The van der Waals surface area contributed by atoms with Crippen molar-refractivity contribution < 1.29 is 0 Å². The third-order valence-corrected chi connectivity index (χ3v) is 11.5. The van der Waals surface area contributed by atoms with Gasteiger partial charge in [-0.05, 0) is 106 Å². The maximum atomic E-state index is 2.54. The van der Waals surface area contributed by atoms with Crippen LogP contribution in [0.1, 0.15) is 33.7 Å². The van der Waals surface area contributed by atoms with E-state index in [1.165, 1.54) is 44.5 Å². The van der Waals surface area contributed by atoms with E-state index in [9.17, 15) is 0 Å². The van der Waals surface area contributed by atoms with E-state index in [2.05, 4.69) is 252 Å². The molecular formula is C56H42N2. The molecule has 0 saturated heterocycles. The van der Waals surface area contributed by atoms with Crippen LogP contribution in [0.3, 0.4) is 0 Å². The van der Waals surface area contributed by atoms with Gasteiger partial charge < -0.3 is 9.80 Å². The Morgan fingerprint density at radius 3 is 1.40 bits per heavy atom.